The lowest BCUT2D eigenvalue weighted by Crippen LogP contribution is -2.43. The quantitative estimate of drug-likeness (QED) is 0.663. The van der Waals surface area contributed by atoms with Gasteiger partial charge < -0.3 is 14.8 Å². The fourth-order valence-corrected chi connectivity index (χ4v) is 1.67. The number of rotatable bonds is 7. The lowest BCUT2D eigenvalue weighted by atomic mass is 10.1. The number of aromatic nitrogens is 3. The lowest BCUT2D eigenvalue weighted by molar-refractivity contribution is -0.122. The first kappa shape index (κ1) is 13.1. The molecule has 92 valence electrons. The zero-order valence-corrected chi connectivity index (χ0v) is 10.3. The third-order valence-electron chi connectivity index (χ3n) is 2.34. The summed E-state index contributed by atoms with van der Waals surface area (Å²) in [4.78, 5) is 0. The first-order chi connectivity index (χ1) is 7.71. The van der Waals surface area contributed by atoms with Crippen LogP contribution in [0.2, 0.25) is 0 Å². The molecule has 1 aromatic rings. The average Bonchev–Trinajstić information content (AvgIpc) is 2.66. The van der Waals surface area contributed by atoms with Crippen LogP contribution in [0.4, 0.5) is 0 Å². The molecule has 0 aromatic carbocycles. The fourth-order valence-electron chi connectivity index (χ4n) is 1.67. The van der Waals surface area contributed by atoms with Crippen LogP contribution in [-0.2, 0) is 22.9 Å². The molecule has 1 heterocycles. The van der Waals surface area contributed by atoms with Gasteiger partial charge in [0.15, 0.2) is 6.29 Å². The minimum atomic E-state index is -0.276. The molecule has 1 unspecified atom stereocenters. The molecule has 0 aliphatic heterocycles. The summed E-state index contributed by atoms with van der Waals surface area (Å²) in [6.45, 7) is 2.90. The summed E-state index contributed by atoms with van der Waals surface area (Å²) >= 11 is 0. The third kappa shape index (κ3) is 3.55. The smallest absolute Gasteiger partial charge is 0.172 e. The van der Waals surface area contributed by atoms with Crippen LogP contribution in [0.5, 0.6) is 0 Å². The largest absolute Gasteiger partial charge is 0.354 e. The van der Waals surface area contributed by atoms with E-state index in [2.05, 4.69) is 15.6 Å². The Labute approximate surface area is 95.9 Å². The van der Waals surface area contributed by atoms with Gasteiger partial charge in [-0.25, -0.2) is 0 Å². The van der Waals surface area contributed by atoms with Crippen LogP contribution in [0, 0.1) is 0 Å². The zero-order chi connectivity index (χ0) is 12.0. The van der Waals surface area contributed by atoms with Crippen LogP contribution in [-0.4, -0.2) is 48.1 Å². The molecule has 0 aliphatic rings. The van der Waals surface area contributed by atoms with Crippen molar-refractivity contribution in [3.8, 4) is 0 Å². The van der Waals surface area contributed by atoms with Gasteiger partial charge in [-0.15, -0.1) is 5.10 Å². The van der Waals surface area contributed by atoms with Crippen LogP contribution in [0.15, 0.2) is 6.20 Å². The van der Waals surface area contributed by atoms with Gasteiger partial charge >= 0.3 is 0 Å². The van der Waals surface area contributed by atoms with E-state index in [1.807, 2.05) is 20.2 Å². The Bertz CT molecular complexity index is 299. The van der Waals surface area contributed by atoms with Crippen molar-refractivity contribution in [1.82, 2.24) is 20.3 Å². The molecular formula is C10H20N4O2. The molecule has 6 nitrogen and oxygen atoms in total. The van der Waals surface area contributed by atoms with E-state index in [-0.39, 0.29) is 12.3 Å². The molecule has 0 saturated carbocycles. The van der Waals surface area contributed by atoms with Crippen LogP contribution in [0.3, 0.4) is 0 Å². The topological polar surface area (TPSA) is 61.2 Å². The van der Waals surface area contributed by atoms with E-state index in [0.29, 0.717) is 0 Å². The van der Waals surface area contributed by atoms with Gasteiger partial charge in [0.2, 0.25) is 0 Å². The van der Waals surface area contributed by atoms with E-state index in [1.54, 1.807) is 18.9 Å². The molecule has 0 aliphatic carbocycles. The van der Waals surface area contributed by atoms with Gasteiger partial charge in [-0.3, -0.25) is 4.68 Å². The Kier molecular flexibility index (Phi) is 5.37. The fraction of sp³-hybridized carbons (Fsp3) is 0.800. The normalized spacial score (nSPS) is 13.3. The Balaban J connectivity index is 2.63. The predicted molar refractivity (Wildman–Crippen MR) is 60.0 cm³/mol. The van der Waals surface area contributed by atoms with Crippen LogP contribution in [0.25, 0.3) is 0 Å². The highest BCUT2D eigenvalue weighted by Crippen LogP contribution is 2.06. The van der Waals surface area contributed by atoms with Gasteiger partial charge in [0.1, 0.15) is 0 Å². The van der Waals surface area contributed by atoms with Gasteiger partial charge in [0.25, 0.3) is 0 Å². The van der Waals surface area contributed by atoms with Gasteiger partial charge in [0, 0.05) is 33.9 Å². The van der Waals surface area contributed by atoms with Crippen molar-refractivity contribution in [2.45, 2.75) is 25.7 Å². The maximum Gasteiger partial charge on any atom is 0.172 e. The number of hydrogen-bond acceptors (Lipinski definition) is 5. The summed E-state index contributed by atoms with van der Waals surface area (Å²) in [5.41, 5.74) is 0.924. The van der Waals surface area contributed by atoms with Crippen LogP contribution < -0.4 is 5.32 Å². The Morgan fingerprint density at radius 2 is 2.12 bits per heavy atom. The molecule has 0 bridgehead atoms. The number of methoxy groups -OCH3 is 2. The zero-order valence-electron chi connectivity index (χ0n) is 10.3. The van der Waals surface area contributed by atoms with Crippen molar-refractivity contribution in [3.05, 3.63) is 11.9 Å². The maximum atomic E-state index is 5.25. The second kappa shape index (κ2) is 6.57. The van der Waals surface area contributed by atoms with E-state index in [1.165, 1.54) is 0 Å². The van der Waals surface area contributed by atoms with Gasteiger partial charge in [-0.05, 0) is 6.54 Å². The number of nitrogens with one attached hydrogen (secondary N) is 1. The number of aryl methyl sites for hydroxylation is 1. The summed E-state index contributed by atoms with van der Waals surface area (Å²) < 4.78 is 12.2. The number of nitrogens with zero attached hydrogens (tertiary/aromatic N) is 3. The molecule has 1 N–H and O–H groups in total. The van der Waals surface area contributed by atoms with Crippen LogP contribution in [0.1, 0.15) is 12.6 Å². The third-order valence-corrected chi connectivity index (χ3v) is 2.34. The monoisotopic (exact) mass is 228 g/mol. The SMILES string of the molecule is CCNC(Cc1cn(C)nn1)C(OC)OC. The van der Waals surface area contributed by atoms with Crippen molar-refractivity contribution in [2.24, 2.45) is 7.05 Å². The summed E-state index contributed by atoms with van der Waals surface area (Å²) in [6.07, 6.45) is 2.35. The molecule has 1 atom stereocenters. The highest BCUT2D eigenvalue weighted by atomic mass is 16.7. The van der Waals surface area contributed by atoms with Crippen molar-refractivity contribution in [2.75, 3.05) is 20.8 Å². The molecule has 1 rings (SSSR count). The molecule has 16 heavy (non-hydrogen) atoms. The number of likely N-dealkylation sites (N-methyl/N-ethyl adjacent to an activating group) is 1. The van der Waals surface area contributed by atoms with Crippen molar-refractivity contribution < 1.29 is 9.47 Å². The lowest BCUT2D eigenvalue weighted by Gasteiger charge is -2.24. The standard InChI is InChI=1S/C10H20N4O2/c1-5-11-9(10(15-3)16-4)6-8-7-14(2)13-12-8/h7,9-11H,5-6H2,1-4H3. The van der Waals surface area contributed by atoms with Gasteiger partial charge in [0.05, 0.1) is 11.7 Å². The minimum absolute atomic E-state index is 0.0803. The Hall–Kier alpha value is -0.980. The summed E-state index contributed by atoms with van der Waals surface area (Å²) in [5.74, 6) is 0. The molecule has 0 radical (unpaired) electrons. The first-order valence-corrected chi connectivity index (χ1v) is 5.35. The molecule has 0 saturated heterocycles. The highest BCUT2D eigenvalue weighted by molar-refractivity contribution is 4.96. The summed E-state index contributed by atoms with van der Waals surface area (Å²) in [6, 6.07) is 0.0803. The second-order valence-electron chi connectivity index (χ2n) is 3.59. The first-order valence-electron chi connectivity index (χ1n) is 5.35. The summed E-state index contributed by atoms with van der Waals surface area (Å²) in [7, 11) is 5.12. The average molecular weight is 228 g/mol. The van der Waals surface area contributed by atoms with E-state index < -0.39 is 0 Å². The van der Waals surface area contributed by atoms with Crippen molar-refractivity contribution in [1.29, 1.82) is 0 Å². The van der Waals surface area contributed by atoms with Gasteiger partial charge in [-0.2, -0.15) is 0 Å². The molecule has 0 amide bonds. The molecule has 0 fully saturated rings. The number of ether oxygens (including phenoxy) is 2. The predicted octanol–water partition coefficient (Wildman–Crippen LogP) is -0.0454. The second-order valence-corrected chi connectivity index (χ2v) is 3.59. The number of hydrogen-bond donors (Lipinski definition) is 1. The van der Waals surface area contributed by atoms with Crippen molar-refractivity contribution in [3.63, 3.8) is 0 Å². The summed E-state index contributed by atoms with van der Waals surface area (Å²) in [5, 5.41) is 11.3. The molecular weight excluding hydrogens is 208 g/mol. The van der Waals surface area contributed by atoms with E-state index in [0.717, 1.165) is 18.7 Å². The minimum Gasteiger partial charge on any atom is -0.354 e. The Morgan fingerprint density at radius 1 is 1.44 bits per heavy atom. The van der Waals surface area contributed by atoms with Gasteiger partial charge in [-0.1, -0.05) is 12.1 Å². The van der Waals surface area contributed by atoms with Crippen molar-refractivity contribution >= 4 is 0 Å². The van der Waals surface area contributed by atoms with E-state index in [9.17, 15) is 0 Å². The maximum absolute atomic E-state index is 5.25. The Morgan fingerprint density at radius 3 is 2.56 bits per heavy atom. The molecule has 0 spiro atoms. The van der Waals surface area contributed by atoms with E-state index >= 15 is 0 Å². The molecule has 1 aromatic heterocycles. The van der Waals surface area contributed by atoms with Crippen LogP contribution >= 0.6 is 0 Å². The van der Waals surface area contributed by atoms with E-state index in [4.69, 9.17) is 9.47 Å². The molecule has 6 heteroatoms. The highest BCUT2D eigenvalue weighted by Gasteiger charge is 2.21.